The van der Waals surface area contributed by atoms with E-state index in [1.165, 1.54) is 21.3 Å². The first-order valence-corrected chi connectivity index (χ1v) is 9.25. The molecule has 0 aliphatic carbocycles. The first-order chi connectivity index (χ1) is 14.0. The van der Waals surface area contributed by atoms with Gasteiger partial charge in [-0.15, -0.1) is 0 Å². The second-order valence-corrected chi connectivity index (χ2v) is 6.72. The molecule has 152 valence electrons. The van der Waals surface area contributed by atoms with Crippen molar-refractivity contribution in [2.75, 3.05) is 26.6 Å². The number of hydrogen-bond donors (Lipinski definition) is 1. The van der Waals surface area contributed by atoms with Gasteiger partial charge in [0.1, 0.15) is 5.69 Å². The zero-order valence-corrected chi connectivity index (χ0v) is 17.2. The summed E-state index contributed by atoms with van der Waals surface area (Å²) >= 11 is 0. The lowest BCUT2D eigenvalue weighted by molar-refractivity contribution is 0.101. The molecule has 3 aromatic rings. The van der Waals surface area contributed by atoms with E-state index in [2.05, 4.69) is 10.4 Å². The van der Waals surface area contributed by atoms with Crippen molar-refractivity contribution < 1.29 is 19.0 Å². The summed E-state index contributed by atoms with van der Waals surface area (Å²) in [6, 6.07) is 14.7. The molecule has 0 saturated carbocycles. The van der Waals surface area contributed by atoms with E-state index < -0.39 is 0 Å². The van der Waals surface area contributed by atoms with Crippen LogP contribution in [-0.4, -0.2) is 37.0 Å². The minimum absolute atomic E-state index is 0.188. The van der Waals surface area contributed by atoms with Gasteiger partial charge in [-0.05, 0) is 24.1 Å². The molecule has 7 heteroatoms. The number of benzene rings is 2. The molecule has 1 heterocycles. The van der Waals surface area contributed by atoms with Crippen molar-refractivity contribution in [1.29, 1.82) is 0 Å². The Morgan fingerprint density at radius 2 is 1.59 bits per heavy atom. The van der Waals surface area contributed by atoms with Crippen LogP contribution in [0.15, 0.2) is 48.5 Å². The van der Waals surface area contributed by atoms with Gasteiger partial charge in [-0.2, -0.15) is 5.10 Å². The van der Waals surface area contributed by atoms with Gasteiger partial charge in [0.25, 0.3) is 5.91 Å². The van der Waals surface area contributed by atoms with Crippen molar-refractivity contribution in [1.82, 2.24) is 9.78 Å². The molecule has 0 spiro atoms. The lowest BCUT2D eigenvalue weighted by Gasteiger charge is -2.15. The van der Waals surface area contributed by atoms with Crippen molar-refractivity contribution in [2.45, 2.75) is 19.8 Å². The predicted octanol–water partition coefficient (Wildman–Crippen LogP) is 4.27. The number of ether oxygens (including phenoxy) is 3. The molecule has 0 bridgehead atoms. The van der Waals surface area contributed by atoms with Crippen LogP contribution in [0.25, 0.3) is 5.69 Å². The summed E-state index contributed by atoms with van der Waals surface area (Å²) < 4.78 is 17.7. The summed E-state index contributed by atoms with van der Waals surface area (Å²) in [7, 11) is 4.59. The number of rotatable bonds is 7. The third-order valence-corrected chi connectivity index (χ3v) is 4.48. The van der Waals surface area contributed by atoms with Gasteiger partial charge in [0.05, 0.1) is 32.7 Å². The van der Waals surface area contributed by atoms with Crippen molar-refractivity contribution in [3.63, 3.8) is 0 Å². The van der Waals surface area contributed by atoms with E-state index in [0.29, 0.717) is 28.6 Å². The molecule has 2 aromatic carbocycles. The SMILES string of the molecule is COc1cc(NC(=O)c2cc(C(C)C)nn2-c2ccccc2)cc(OC)c1OC. The maximum absolute atomic E-state index is 13.1. The second-order valence-electron chi connectivity index (χ2n) is 6.72. The fourth-order valence-corrected chi connectivity index (χ4v) is 2.96. The van der Waals surface area contributed by atoms with E-state index in [0.717, 1.165) is 11.4 Å². The van der Waals surface area contributed by atoms with Gasteiger partial charge < -0.3 is 19.5 Å². The fourth-order valence-electron chi connectivity index (χ4n) is 2.96. The van der Waals surface area contributed by atoms with Gasteiger partial charge in [-0.1, -0.05) is 32.0 Å². The molecule has 0 radical (unpaired) electrons. The standard InChI is InChI=1S/C22H25N3O4/c1-14(2)17-13-18(25(24-17)16-9-7-6-8-10-16)22(26)23-15-11-19(27-3)21(29-5)20(12-15)28-4/h6-14H,1-5H3,(H,23,26). The monoisotopic (exact) mass is 395 g/mol. The number of aromatic nitrogens is 2. The van der Waals surface area contributed by atoms with Crippen LogP contribution in [0.3, 0.4) is 0 Å². The molecular formula is C22H25N3O4. The van der Waals surface area contributed by atoms with E-state index in [1.807, 2.05) is 50.2 Å². The molecule has 0 unspecified atom stereocenters. The quantitative estimate of drug-likeness (QED) is 0.646. The van der Waals surface area contributed by atoms with E-state index >= 15 is 0 Å². The number of methoxy groups -OCH3 is 3. The summed E-state index contributed by atoms with van der Waals surface area (Å²) in [5, 5.41) is 7.53. The number of para-hydroxylation sites is 1. The number of hydrogen-bond acceptors (Lipinski definition) is 5. The van der Waals surface area contributed by atoms with Crippen LogP contribution in [0.4, 0.5) is 5.69 Å². The summed E-state index contributed by atoms with van der Waals surface area (Å²) in [5.74, 6) is 1.28. The van der Waals surface area contributed by atoms with Crippen molar-refractivity contribution in [3.8, 4) is 22.9 Å². The highest BCUT2D eigenvalue weighted by molar-refractivity contribution is 6.04. The molecule has 1 aromatic heterocycles. The third-order valence-electron chi connectivity index (χ3n) is 4.48. The van der Waals surface area contributed by atoms with Crippen molar-refractivity contribution >= 4 is 11.6 Å². The van der Waals surface area contributed by atoms with Crippen LogP contribution in [0.2, 0.25) is 0 Å². The maximum Gasteiger partial charge on any atom is 0.274 e. The van der Waals surface area contributed by atoms with Crippen molar-refractivity contribution in [2.24, 2.45) is 0 Å². The Hall–Kier alpha value is -3.48. The van der Waals surface area contributed by atoms with E-state index in [1.54, 1.807) is 16.8 Å². The van der Waals surface area contributed by atoms with Crippen LogP contribution >= 0.6 is 0 Å². The summed E-state index contributed by atoms with van der Waals surface area (Å²) in [4.78, 5) is 13.1. The first-order valence-electron chi connectivity index (χ1n) is 9.25. The molecule has 7 nitrogen and oxygen atoms in total. The minimum atomic E-state index is -0.289. The van der Waals surface area contributed by atoms with E-state index in [9.17, 15) is 4.79 Å². The number of anilines is 1. The summed E-state index contributed by atoms with van der Waals surface area (Å²) in [6.07, 6.45) is 0. The average molecular weight is 395 g/mol. The van der Waals surface area contributed by atoms with Crippen LogP contribution in [0, 0.1) is 0 Å². The number of amides is 1. The van der Waals surface area contributed by atoms with Crippen molar-refractivity contribution in [3.05, 3.63) is 59.9 Å². The van der Waals surface area contributed by atoms with Crippen LogP contribution in [0.5, 0.6) is 17.2 Å². The Balaban J connectivity index is 1.99. The lowest BCUT2D eigenvalue weighted by Crippen LogP contribution is -2.17. The molecule has 29 heavy (non-hydrogen) atoms. The highest BCUT2D eigenvalue weighted by Gasteiger charge is 2.20. The van der Waals surface area contributed by atoms with Gasteiger partial charge in [0.15, 0.2) is 11.5 Å². The van der Waals surface area contributed by atoms with Gasteiger partial charge in [-0.3, -0.25) is 4.79 Å². The predicted molar refractivity (Wildman–Crippen MR) is 112 cm³/mol. The van der Waals surface area contributed by atoms with E-state index in [-0.39, 0.29) is 11.8 Å². The number of nitrogens with zero attached hydrogens (tertiary/aromatic N) is 2. The minimum Gasteiger partial charge on any atom is -0.493 e. The molecular weight excluding hydrogens is 370 g/mol. The fraction of sp³-hybridized carbons (Fsp3) is 0.273. The van der Waals surface area contributed by atoms with Gasteiger partial charge in [0.2, 0.25) is 5.75 Å². The van der Waals surface area contributed by atoms with E-state index in [4.69, 9.17) is 14.2 Å². The van der Waals surface area contributed by atoms with Crippen LogP contribution < -0.4 is 19.5 Å². The third kappa shape index (κ3) is 4.18. The normalized spacial score (nSPS) is 10.7. The molecule has 1 N–H and O–H groups in total. The first kappa shape index (κ1) is 20.3. The molecule has 0 saturated heterocycles. The highest BCUT2D eigenvalue weighted by Crippen LogP contribution is 2.40. The Bertz CT molecular complexity index is 972. The Morgan fingerprint density at radius 1 is 0.966 bits per heavy atom. The largest absolute Gasteiger partial charge is 0.493 e. The maximum atomic E-state index is 13.1. The molecule has 0 aliphatic heterocycles. The number of nitrogens with one attached hydrogen (secondary N) is 1. The molecule has 1 amide bonds. The molecule has 3 rings (SSSR count). The van der Waals surface area contributed by atoms with Crippen LogP contribution in [-0.2, 0) is 0 Å². The smallest absolute Gasteiger partial charge is 0.274 e. The number of carbonyl (C=O) groups excluding carboxylic acids is 1. The molecule has 0 atom stereocenters. The Labute approximate surface area is 170 Å². The highest BCUT2D eigenvalue weighted by atomic mass is 16.5. The average Bonchev–Trinajstić information content (AvgIpc) is 3.19. The van der Waals surface area contributed by atoms with Gasteiger partial charge in [-0.25, -0.2) is 4.68 Å². The Kier molecular flexibility index (Phi) is 6.07. The molecule has 0 fully saturated rings. The van der Waals surface area contributed by atoms with Gasteiger partial charge >= 0.3 is 0 Å². The topological polar surface area (TPSA) is 74.6 Å². The summed E-state index contributed by atoms with van der Waals surface area (Å²) in [5.41, 5.74) is 2.61. The Morgan fingerprint density at radius 3 is 2.10 bits per heavy atom. The zero-order chi connectivity index (χ0) is 21.0. The molecule has 0 aliphatic rings. The lowest BCUT2D eigenvalue weighted by atomic mass is 10.1. The van der Waals surface area contributed by atoms with Crippen LogP contribution in [0.1, 0.15) is 35.9 Å². The second kappa shape index (κ2) is 8.68. The van der Waals surface area contributed by atoms with Gasteiger partial charge in [0, 0.05) is 17.8 Å². The number of carbonyl (C=O) groups is 1. The zero-order valence-electron chi connectivity index (χ0n) is 17.2. The summed E-state index contributed by atoms with van der Waals surface area (Å²) in [6.45, 7) is 4.08.